The largest absolute Gasteiger partial charge is 0.460 e. The van der Waals surface area contributed by atoms with Gasteiger partial charge in [-0.25, -0.2) is 4.79 Å². The SMILES string of the molecule is CCOC(=O)/C(=N/Nc1cc(C(F)(F)F)ccc1Cl)N1c2ccccc2C[C@@H]1C. The Morgan fingerprint density at radius 2 is 2.03 bits per heavy atom. The molecule has 0 saturated carbocycles. The van der Waals surface area contributed by atoms with Crippen LogP contribution in [0.2, 0.25) is 5.02 Å². The van der Waals surface area contributed by atoms with Gasteiger partial charge in [0.05, 0.1) is 22.9 Å². The predicted octanol–water partition coefficient (Wildman–Crippen LogP) is 5.10. The van der Waals surface area contributed by atoms with Crippen LogP contribution >= 0.6 is 11.6 Å². The maximum absolute atomic E-state index is 13.0. The zero-order valence-corrected chi connectivity index (χ0v) is 16.5. The Labute approximate surface area is 171 Å². The molecule has 0 fully saturated rings. The molecule has 0 aliphatic carbocycles. The Balaban J connectivity index is 1.99. The van der Waals surface area contributed by atoms with Crippen molar-refractivity contribution in [2.75, 3.05) is 16.9 Å². The minimum atomic E-state index is -4.53. The van der Waals surface area contributed by atoms with Gasteiger partial charge in [-0.15, -0.1) is 5.10 Å². The van der Waals surface area contributed by atoms with Crippen LogP contribution in [0.25, 0.3) is 0 Å². The van der Waals surface area contributed by atoms with Gasteiger partial charge >= 0.3 is 12.1 Å². The van der Waals surface area contributed by atoms with Crippen molar-refractivity contribution < 1.29 is 22.7 Å². The number of carbonyl (C=O) groups excluding carboxylic acids is 1. The molecule has 1 aliphatic heterocycles. The second kappa shape index (κ2) is 8.32. The predicted molar refractivity (Wildman–Crippen MR) is 106 cm³/mol. The van der Waals surface area contributed by atoms with E-state index in [0.717, 1.165) is 29.4 Å². The van der Waals surface area contributed by atoms with Crippen LogP contribution in [0.3, 0.4) is 0 Å². The van der Waals surface area contributed by atoms with Gasteiger partial charge < -0.3 is 9.64 Å². The van der Waals surface area contributed by atoms with Gasteiger partial charge in [-0.05, 0) is 50.1 Å². The van der Waals surface area contributed by atoms with E-state index >= 15 is 0 Å². The van der Waals surface area contributed by atoms with Crippen LogP contribution in [0.4, 0.5) is 24.5 Å². The van der Waals surface area contributed by atoms with Crippen LogP contribution in [0.1, 0.15) is 25.0 Å². The standard InChI is InChI=1S/C20H19ClF3N3O2/c1-3-29-19(28)18(27-12(2)10-13-6-4-5-7-17(13)27)26-25-16-11-14(20(22,23)24)8-9-15(16)21/h4-9,11-12,25H,3,10H2,1-2H3/b26-18-/t12-/m0/s1. The molecule has 0 saturated heterocycles. The summed E-state index contributed by atoms with van der Waals surface area (Å²) in [7, 11) is 0. The average molecular weight is 426 g/mol. The molecule has 0 aromatic heterocycles. The first-order valence-electron chi connectivity index (χ1n) is 8.97. The molecule has 154 valence electrons. The van der Waals surface area contributed by atoms with Crippen LogP contribution in [-0.4, -0.2) is 24.5 Å². The fourth-order valence-electron chi connectivity index (χ4n) is 3.18. The van der Waals surface area contributed by atoms with Crippen LogP contribution in [0, 0.1) is 0 Å². The minimum absolute atomic E-state index is 0.0415. The van der Waals surface area contributed by atoms with Crippen molar-refractivity contribution in [3.8, 4) is 0 Å². The normalized spacial score (nSPS) is 16.6. The summed E-state index contributed by atoms with van der Waals surface area (Å²) in [4.78, 5) is 14.3. The number of anilines is 2. The van der Waals surface area contributed by atoms with Crippen molar-refractivity contribution in [2.24, 2.45) is 5.10 Å². The quantitative estimate of drug-likeness (QED) is 0.322. The molecule has 0 radical (unpaired) electrons. The van der Waals surface area contributed by atoms with Crippen LogP contribution < -0.4 is 10.3 Å². The molecule has 5 nitrogen and oxygen atoms in total. The van der Waals surface area contributed by atoms with Crippen molar-refractivity contribution in [2.45, 2.75) is 32.5 Å². The van der Waals surface area contributed by atoms with E-state index in [-0.39, 0.29) is 29.2 Å². The molecule has 0 unspecified atom stereocenters. The molecule has 0 spiro atoms. The Morgan fingerprint density at radius 3 is 2.72 bits per heavy atom. The molecule has 9 heteroatoms. The number of amidine groups is 1. The first-order chi connectivity index (χ1) is 13.7. The van der Waals surface area contributed by atoms with E-state index in [1.54, 1.807) is 11.8 Å². The number of hydrogen-bond donors (Lipinski definition) is 1. The number of hydrogen-bond acceptors (Lipinski definition) is 4. The van der Waals surface area contributed by atoms with Gasteiger partial charge in [-0.2, -0.15) is 13.2 Å². The maximum atomic E-state index is 13.0. The Morgan fingerprint density at radius 1 is 1.31 bits per heavy atom. The zero-order valence-electron chi connectivity index (χ0n) is 15.8. The van der Waals surface area contributed by atoms with Gasteiger partial charge in [0.2, 0.25) is 5.84 Å². The van der Waals surface area contributed by atoms with E-state index in [0.29, 0.717) is 6.42 Å². The molecule has 2 aromatic carbocycles. The Bertz CT molecular complexity index is 947. The molecular formula is C20H19ClF3N3O2. The van der Waals surface area contributed by atoms with Crippen LogP contribution in [0.15, 0.2) is 47.6 Å². The number of hydrazone groups is 1. The highest BCUT2D eigenvalue weighted by Crippen LogP contribution is 2.35. The van der Waals surface area contributed by atoms with Gasteiger partial charge in [0.15, 0.2) is 0 Å². The molecule has 1 N–H and O–H groups in total. The summed E-state index contributed by atoms with van der Waals surface area (Å²) in [5.41, 5.74) is 3.39. The highest BCUT2D eigenvalue weighted by Gasteiger charge is 2.34. The van der Waals surface area contributed by atoms with Crippen LogP contribution in [-0.2, 0) is 22.1 Å². The van der Waals surface area contributed by atoms with E-state index in [4.69, 9.17) is 16.3 Å². The summed E-state index contributed by atoms with van der Waals surface area (Å²) in [6.07, 6.45) is -3.84. The van der Waals surface area contributed by atoms with Crippen molar-refractivity contribution in [3.05, 3.63) is 58.6 Å². The highest BCUT2D eigenvalue weighted by atomic mass is 35.5. The molecule has 2 aromatic rings. The van der Waals surface area contributed by atoms with Crippen LogP contribution in [0.5, 0.6) is 0 Å². The zero-order chi connectivity index (χ0) is 21.2. The van der Waals surface area contributed by atoms with Gasteiger partial charge in [0.25, 0.3) is 0 Å². The molecule has 0 bridgehead atoms. The van der Waals surface area contributed by atoms with E-state index in [9.17, 15) is 18.0 Å². The van der Waals surface area contributed by atoms with Crippen molar-refractivity contribution >= 4 is 34.8 Å². The van der Waals surface area contributed by atoms with E-state index in [1.807, 2.05) is 31.2 Å². The molecule has 29 heavy (non-hydrogen) atoms. The number of nitrogens with zero attached hydrogens (tertiary/aromatic N) is 2. The number of ether oxygens (including phenoxy) is 1. The summed E-state index contributed by atoms with van der Waals surface area (Å²) in [6, 6.07) is 10.3. The van der Waals surface area contributed by atoms with Crippen molar-refractivity contribution in [1.29, 1.82) is 0 Å². The van der Waals surface area contributed by atoms with Gasteiger partial charge in [0.1, 0.15) is 0 Å². The smallest absolute Gasteiger partial charge is 0.416 e. The molecular weight excluding hydrogens is 407 g/mol. The first kappa shape index (κ1) is 21.0. The molecule has 1 aliphatic rings. The average Bonchev–Trinajstić information content (AvgIpc) is 2.98. The lowest BCUT2D eigenvalue weighted by Crippen LogP contribution is -2.42. The molecule has 1 atom stereocenters. The summed E-state index contributed by atoms with van der Waals surface area (Å²) in [6.45, 7) is 3.71. The Hall–Kier alpha value is -2.74. The lowest BCUT2D eigenvalue weighted by molar-refractivity contribution is -0.137. The number of rotatable bonds is 3. The number of carbonyl (C=O) groups is 1. The summed E-state index contributed by atoms with van der Waals surface area (Å²) >= 11 is 6.01. The maximum Gasteiger partial charge on any atom is 0.416 e. The fourth-order valence-corrected chi connectivity index (χ4v) is 3.34. The number of fused-ring (bicyclic) bond motifs is 1. The first-order valence-corrected chi connectivity index (χ1v) is 9.35. The number of halogens is 4. The third kappa shape index (κ3) is 4.48. The van der Waals surface area contributed by atoms with Gasteiger partial charge in [0, 0.05) is 11.7 Å². The minimum Gasteiger partial charge on any atom is -0.460 e. The monoisotopic (exact) mass is 425 g/mol. The summed E-state index contributed by atoms with van der Waals surface area (Å²) < 4.78 is 44.1. The second-order valence-corrected chi connectivity index (χ2v) is 6.92. The lowest BCUT2D eigenvalue weighted by Gasteiger charge is -2.25. The summed E-state index contributed by atoms with van der Waals surface area (Å²) in [5.74, 6) is -0.746. The van der Waals surface area contributed by atoms with Crippen molar-refractivity contribution in [1.82, 2.24) is 0 Å². The topological polar surface area (TPSA) is 53.9 Å². The number of alkyl halides is 3. The highest BCUT2D eigenvalue weighted by molar-refractivity contribution is 6.41. The molecule has 3 rings (SSSR count). The molecule has 1 heterocycles. The summed E-state index contributed by atoms with van der Waals surface area (Å²) in [5, 5.41) is 4.14. The van der Waals surface area contributed by atoms with E-state index in [1.165, 1.54) is 0 Å². The number of para-hydroxylation sites is 1. The second-order valence-electron chi connectivity index (χ2n) is 6.51. The van der Waals surface area contributed by atoms with Crippen molar-refractivity contribution in [3.63, 3.8) is 0 Å². The van der Waals surface area contributed by atoms with E-state index < -0.39 is 17.7 Å². The van der Waals surface area contributed by atoms with E-state index in [2.05, 4.69) is 10.5 Å². The number of esters is 1. The lowest BCUT2D eigenvalue weighted by atomic mass is 10.1. The molecule has 0 amide bonds. The van der Waals surface area contributed by atoms with Gasteiger partial charge in [-0.1, -0.05) is 29.8 Å². The third-order valence-electron chi connectivity index (χ3n) is 4.47. The third-order valence-corrected chi connectivity index (χ3v) is 4.80. The number of benzene rings is 2. The Kier molecular flexibility index (Phi) is 6.02. The fraction of sp³-hybridized carbons (Fsp3) is 0.300. The number of nitrogens with one attached hydrogen (secondary N) is 1. The van der Waals surface area contributed by atoms with Gasteiger partial charge in [-0.3, -0.25) is 5.43 Å².